The van der Waals surface area contributed by atoms with Crippen molar-refractivity contribution in [3.8, 4) is 6.07 Å². The zero-order valence-corrected chi connectivity index (χ0v) is 17.1. The SMILES string of the molecule is CC(=O)ON=C(C)C(=O)c1ccc(Sc2ccc(C(=O)OCCO)cc2C#N)cc1. The molecule has 0 bridgehead atoms. The topological polar surface area (TPSA) is 126 Å². The lowest BCUT2D eigenvalue weighted by atomic mass is 10.1. The Hall–Kier alpha value is -3.48. The van der Waals surface area contributed by atoms with Gasteiger partial charge in [-0.25, -0.2) is 9.59 Å². The molecule has 30 heavy (non-hydrogen) atoms. The van der Waals surface area contributed by atoms with E-state index in [1.807, 2.05) is 6.07 Å². The maximum Gasteiger partial charge on any atom is 0.338 e. The Balaban J connectivity index is 2.14. The highest BCUT2D eigenvalue weighted by Crippen LogP contribution is 2.31. The average molecular weight is 426 g/mol. The number of rotatable bonds is 8. The van der Waals surface area contributed by atoms with Crippen LogP contribution in [0.5, 0.6) is 0 Å². The number of aliphatic hydroxyl groups is 1. The van der Waals surface area contributed by atoms with Crippen LogP contribution >= 0.6 is 11.8 Å². The van der Waals surface area contributed by atoms with E-state index in [0.29, 0.717) is 16.0 Å². The average Bonchev–Trinajstić information content (AvgIpc) is 2.75. The largest absolute Gasteiger partial charge is 0.460 e. The molecule has 0 atom stereocenters. The monoisotopic (exact) mass is 426 g/mol. The van der Waals surface area contributed by atoms with Crippen LogP contribution in [0.4, 0.5) is 0 Å². The van der Waals surface area contributed by atoms with Gasteiger partial charge in [-0.3, -0.25) is 4.79 Å². The van der Waals surface area contributed by atoms with E-state index in [1.54, 1.807) is 30.3 Å². The second-order valence-electron chi connectivity index (χ2n) is 5.90. The van der Waals surface area contributed by atoms with Crippen molar-refractivity contribution < 1.29 is 29.1 Å². The standard InChI is InChI=1S/C21H18N2O6S/c1-13(23-29-14(2)25)20(26)15-3-6-18(7-4-15)30-19-8-5-16(11-17(19)12-22)21(27)28-10-9-24/h3-8,11,24H,9-10H2,1-2H3. The highest BCUT2D eigenvalue weighted by atomic mass is 32.2. The number of Topliss-reactive ketones (excluding diaryl/α,β-unsaturated/α-hetero) is 1. The van der Waals surface area contributed by atoms with Gasteiger partial charge < -0.3 is 14.7 Å². The fraction of sp³-hybridized carbons (Fsp3) is 0.190. The van der Waals surface area contributed by atoms with E-state index >= 15 is 0 Å². The van der Waals surface area contributed by atoms with Crippen molar-refractivity contribution in [2.45, 2.75) is 23.6 Å². The summed E-state index contributed by atoms with van der Waals surface area (Å²) in [5, 5.41) is 21.6. The molecular formula is C21H18N2O6S. The summed E-state index contributed by atoms with van der Waals surface area (Å²) in [7, 11) is 0. The molecule has 0 aliphatic rings. The van der Waals surface area contributed by atoms with Crippen LogP contribution in [-0.2, 0) is 14.4 Å². The summed E-state index contributed by atoms with van der Waals surface area (Å²) >= 11 is 1.29. The minimum Gasteiger partial charge on any atom is -0.460 e. The van der Waals surface area contributed by atoms with E-state index in [1.165, 1.54) is 37.7 Å². The number of nitriles is 1. The van der Waals surface area contributed by atoms with Crippen molar-refractivity contribution in [2.24, 2.45) is 5.16 Å². The summed E-state index contributed by atoms with van der Waals surface area (Å²) < 4.78 is 4.85. The lowest BCUT2D eigenvalue weighted by Gasteiger charge is -2.08. The van der Waals surface area contributed by atoms with Crippen molar-refractivity contribution >= 4 is 35.2 Å². The number of hydrogen-bond donors (Lipinski definition) is 1. The molecule has 0 amide bonds. The van der Waals surface area contributed by atoms with Crippen molar-refractivity contribution in [2.75, 3.05) is 13.2 Å². The quantitative estimate of drug-likeness (QED) is 0.224. The summed E-state index contributed by atoms with van der Waals surface area (Å²) in [4.78, 5) is 40.8. The third-order valence-electron chi connectivity index (χ3n) is 3.64. The Morgan fingerprint density at radius 1 is 1.10 bits per heavy atom. The second-order valence-corrected chi connectivity index (χ2v) is 7.01. The number of carbonyl (C=O) groups is 3. The summed E-state index contributed by atoms with van der Waals surface area (Å²) in [6.07, 6.45) is 0. The lowest BCUT2D eigenvalue weighted by Crippen LogP contribution is -2.11. The molecular weight excluding hydrogens is 408 g/mol. The third kappa shape index (κ3) is 6.27. The molecule has 0 aromatic heterocycles. The molecule has 2 rings (SSSR count). The highest BCUT2D eigenvalue weighted by molar-refractivity contribution is 7.99. The second kappa shape index (κ2) is 10.9. The Bertz CT molecular complexity index is 1020. The number of benzene rings is 2. The van der Waals surface area contributed by atoms with Crippen LogP contribution in [0.1, 0.15) is 40.1 Å². The number of carbonyl (C=O) groups excluding carboxylic acids is 3. The molecule has 0 spiro atoms. The molecule has 8 nitrogen and oxygen atoms in total. The van der Waals surface area contributed by atoms with Crippen LogP contribution in [-0.4, -0.2) is 41.8 Å². The first-order chi connectivity index (χ1) is 14.3. The van der Waals surface area contributed by atoms with Gasteiger partial charge in [-0.05, 0) is 49.4 Å². The Kier molecular flexibility index (Phi) is 8.29. The number of ketones is 1. The van der Waals surface area contributed by atoms with Gasteiger partial charge in [0.15, 0.2) is 0 Å². The number of ether oxygens (including phenoxy) is 1. The fourth-order valence-corrected chi connectivity index (χ4v) is 3.12. The predicted octanol–water partition coefficient (Wildman–Crippen LogP) is 2.98. The van der Waals surface area contributed by atoms with Gasteiger partial charge in [0.1, 0.15) is 18.4 Å². The normalized spacial score (nSPS) is 10.8. The van der Waals surface area contributed by atoms with Crippen molar-refractivity contribution in [3.63, 3.8) is 0 Å². The van der Waals surface area contributed by atoms with E-state index < -0.39 is 11.9 Å². The number of nitrogens with zero attached hydrogens (tertiary/aromatic N) is 2. The molecule has 0 aliphatic heterocycles. The van der Waals surface area contributed by atoms with Gasteiger partial charge in [0, 0.05) is 22.3 Å². The highest BCUT2D eigenvalue weighted by Gasteiger charge is 2.14. The molecule has 154 valence electrons. The minimum atomic E-state index is -0.620. The summed E-state index contributed by atoms with van der Waals surface area (Å²) in [5.41, 5.74) is 0.923. The van der Waals surface area contributed by atoms with Crippen molar-refractivity contribution in [3.05, 3.63) is 59.2 Å². The minimum absolute atomic E-state index is 0.0426. The fourth-order valence-electron chi connectivity index (χ4n) is 2.24. The molecule has 1 N–H and O–H groups in total. The molecule has 0 aliphatic carbocycles. The van der Waals surface area contributed by atoms with Crippen LogP contribution in [0.2, 0.25) is 0 Å². The van der Waals surface area contributed by atoms with Gasteiger partial charge in [-0.2, -0.15) is 5.26 Å². The maximum atomic E-state index is 12.3. The molecule has 0 fully saturated rings. The molecule has 2 aromatic rings. The van der Waals surface area contributed by atoms with Gasteiger partial charge in [0.2, 0.25) is 5.78 Å². The van der Waals surface area contributed by atoms with E-state index in [2.05, 4.69) is 9.99 Å². The van der Waals surface area contributed by atoms with Crippen LogP contribution in [0, 0.1) is 11.3 Å². The first-order valence-electron chi connectivity index (χ1n) is 8.72. The number of hydrogen-bond acceptors (Lipinski definition) is 9. The maximum absolute atomic E-state index is 12.3. The molecule has 0 saturated heterocycles. The zero-order chi connectivity index (χ0) is 22.1. The number of aliphatic hydroxyl groups excluding tert-OH is 1. The predicted molar refractivity (Wildman–Crippen MR) is 108 cm³/mol. The zero-order valence-electron chi connectivity index (χ0n) is 16.2. The molecule has 0 radical (unpaired) electrons. The third-order valence-corrected chi connectivity index (χ3v) is 4.73. The van der Waals surface area contributed by atoms with E-state index in [-0.39, 0.29) is 30.3 Å². The Labute approximate surface area is 177 Å². The molecule has 0 unspecified atom stereocenters. The van der Waals surface area contributed by atoms with Gasteiger partial charge >= 0.3 is 11.9 Å². The summed E-state index contributed by atoms with van der Waals surface area (Å²) in [5.74, 6) is -1.61. The molecule has 9 heteroatoms. The van der Waals surface area contributed by atoms with E-state index in [9.17, 15) is 19.6 Å². The van der Waals surface area contributed by atoms with Gasteiger partial charge in [0.25, 0.3) is 0 Å². The number of oxime groups is 1. The first-order valence-corrected chi connectivity index (χ1v) is 9.54. The van der Waals surface area contributed by atoms with Crippen LogP contribution in [0.3, 0.4) is 0 Å². The van der Waals surface area contributed by atoms with Crippen molar-refractivity contribution in [1.82, 2.24) is 0 Å². The van der Waals surface area contributed by atoms with Crippen LogP contribution < -0.4 is 0 Å². The number of esters is 1. The lowest BCUT2D eigenvalue weighted by molar-refractivity contribution is -0.140. The first kappa shape index (κ1) is 22.8. The smallest absolute Gasteiger partial charge is 0.338 e. The molecule has 0 heterocycles. The van der Waals surface area contributed by atoms with Gasteiger partial charge in [-0.15, -0.1) is 0 Å². The van der Waals surface area contributed by atoms with Crippen LogP contribution in [0.15, 0.2) is 57.4 Å². The van der Waals surface area contributed by atoms with Crippen LogP contribution in [0.25, 0.3) is 0 Å². The summed E-state index contributed by atoms with van der Waals surface area (Å²) in [6.45, 7) is 2.24. The van der Waals surface area contributed by atoms with Gasteiger partial charge in [0.05, 0.1) is 17.7 Å². The Morgan fingerprint density at radius 3 is 2.37 bits per heavy atom. The van der Waals surface area contributed by atoms with E-state index in [0.717, 1.165) is 4.90 Å². The molecule has 0 saturated carbocycles. The summed E-state index contributed by atoms with van der Waals surface area (Å²) in [6, 6.07) is 13.3. The Morgan fingerprint density at radius 2 is 1.77 bits per heavy atom. The molecule has 2 aromatic carbocycles. The van der Waals surface area contributed by atoms with Gasteiger partial charge in [-0.1, -0.05) is 16.9 Å². The van der Waals surface area contributed by atoms with Crippen molar-refractivity contribution in [1.29, 1.82) is 5.26 Å². The van der Waals surface area contributed by atoms with E-state index in [4.69, 9.17) is 9.84 Å².